The first kappa shape index (κ1) is 24.0. The van der Waals surface area contributed by atoms with E-state index in [4.69, 9.17) is 11.3 Å². The summed E-state index contributed by atoms with van der Waals surface area (Å²) >= 11 is 0. The van der Waals surface area contributed by atoms with Gasteiger partial charge in [0.25, 0.3) is 5.91 Å². The van der Waals surface area contributed by atoms with E-state index in [0.717, 1.165) is 55.3 Å². The monoisotopic (exact) mass is 436 g/mol. The lowest BCUT2D eigenvalue weighted by molar-refractivity contribution is -0.112. The van der Waals surface area contributed by atoms with Crippen LogP contribution in [0.2, 0.25) is 0 Å². The summed E-state index contributed by atoms with van der Waals surface area (Å²) in [7, 11) is 4.08. The van der Waals surface area contributed by atoms with Crippen molar-refractivity contribution >= 4 is 17.3 Å². The van der Waals surface area contributed by atoms with E-state index in [9.17, 15) is 4.79 Å². The van der Waals surface area contributed by atoms with Crippen molar-refractivity contribution in [2.45, 2.75) is 45.6 Å². The van der Waals surface area contributed by atoms with Gasteiger partial charge in [0.15, 0.2) is 5.70 Å². The van der Waals surface area contributed by atoms with Crippen LogP contribution in [0.4, 0.5) is 11.4 Å². The first-order chi connectivity index (χ1) is 15.2. The van der Waals surface area contributed by atoms with Gasteiger partial charge in [-0.25, -0.2) is 4.85 Å². The van der Waals surface area contributed by atoms with Gasteiger partial charge in [0.1, 0.15) is 0 Å². The number of ether oxygens (including phenoxy) is 1. The van der Waals surface area contributed by atoms with E-state index in [1.807, 2.05) is 26.2 Å². The van der Waals surface area contributed by atoms with Crippen LogP contribution < -0.4 is 10.2 Å². The largest absolute Gasteiger partial charge is 0.370 e. The molecule has 6 heteroatoms. The minimum atomic E-state index is -0.432. The maximum absolute atomic E-state index is 12.9. The summed E-state index contributed by atoms with van der Waals surface area (Å²) < 4.78 is 6.22. The number of likely N-dealkylation sites (N-methyl/N-ethyl adjacent to an activating group) is 1. The van der Waals surface area contributed by atoms with Crippen LogP contribution in [0.5, 0.6) is 0 Å². The lowest BCUT2D eigenvalue weighted by Crippen LogP contribution is -2.34. The number of carbonyl (C=O) groups excluding carboxylic acids is 1. The van der Waals surface area contributed by atoms with Crippen LogP contribution in [0.1, 0.15) is 45.6 Å². The van der Waals surface area contributed by atoms with E-state index in [1.165, 1.54) is 0 Å². The summed E-state index contributed by atoms with van der Waals surface area (Å²) in [4.78, 5) is 20.8. The Balaban J connectivity index is 1.84. The van der Waals surface area contributed by atoms with Crippen LogP contribution in [0.3, 0.4) is 0 Å². The van der Waals surface area contributed by atoms with Crippen LogP contribution in [-0.4, -0.2) is 51.1 Å². The molecular formula is C26H36N4O2. The van der Waals surface area contributed by atoms with Crippen LogP contribution in [0, 0.1) is 12.5 Å². The number of rotatable bonds is 8. The summed E-state index contributed by atoms with van der Waals surface area (Å²) in [6.45, 7) is 17.1. The Morgan fingerprint density at radius 1 is 1.31 bits per heavy atom. The molecule has 0 saturated carbocycles. The highest BCUT2D eigenvalue weighted by Gasteiger charge is 2.26. The van der Waals surface area contributed by atoms with E-state index in [1.54, 1.807) is 12.2 Å². The quantitative estimate of drug-likeness (QED) is 0.594. The number of nitrogens with one attached hydrogen (secondary N) is 1. The molecule has 1 fully saturated rings. The third kappa shape index (κ3) is 5.99. The number of hydrogen-bond donors (Lipinski definition) is 1. The number of piperidine rings is 1. The number of allylic oxidation sites excluding steroid dienone is 2. The number of nitrogens with zero attached hydrogens (tertiary/aromatic N) is 3. The molecule has 1 aliphatic carbocycles. The number of amides is 1. The van der Waals surface area contributed by atoms with Crippen molar-refractivity contribution in [2.24, 2.45) is 5.92 Å². The molecule has 172 valence electrons. The molecule has 32 heavy (non-hydrogen) atoms. The second-order valence-corrected chi connectivity index (χ2v) is 9.63. The molecular weight excluding hydrogens is 400 g/mol. The van der Waals surface area contributed by atoms with Crippen LogP contribution in [0.25, 0.3) is 4.85 Å². The topological polar surface area (TPSA) is 49.2 Å². The van der Waals surface area contributed by atoms with E-state index >= 15 is 0 Å². The molecule has 1 amide bonds. The Morgan fingerprint density at radius 2 is 2.03 bits per heavy atom. The fourth-order valence-electron chi connectivity index (χ4n) is 4.04. The van der Waals surface area contributed by atoms with Gasteiger partial charge in [-0.3, -0.25) is 4.79 Å². The highest BCUT2D eigenvalue weighted by Crippen LogP contribution is 2.36. The number of benzene rings is 1. The van der Waals surface area contributed by atoms with Crippen molar-refractivity contribution in [3.05, 3.63) is 58.6 Å². The summed E-state index contributed by atoms with van der Waals surface area (Å²) in [5.74, 6) is 0.584. The van der Waals surface area contributed by atoms with Gasteiger partial charge in [0.05, 0.1) is 30.2 Å². The van der Waals surface area contributed by atoms with Gasteiger partial charge in [-0.15, -0.1) is 0 Å². The molecule has 6 nitrogen and oxygen atoms in total. The Morgan fingerprint density at radius 3 is 2.66 bits per heavy atom. The van der Waals surface area contributed by atoms with Crippen LogP contribution >= 0.6 is 0 Å². The van der Waals surface area contributed by atoms with Crippen molar-refractivity contribution in [2.75, 3.05) is 50.6 Å². The minimum absolute atomic E-state index is 0.138. The summed E-state index contributed by atoms with van der Waals surface area (Å²) in [5, 5.41) is 3.11. The molecule has 0 spiro atoms. The molecule has 1 heterocycles. The van der Waals surface area contributed by atoms with Gasteiger partial charge in [0, 0.05) is 25.2 Å². The summed E-state index contributed by atoms with van der Waals surface area (Å²) in [6.07, 6.45) is 6.27. The zero-order valence-corrected chi connectivity index (χ0v) is 20.1. The average molecular weight is 437 g/mol. The minimum Gasteiger partial charge on any atom is -0.370 e. The molecule has 1 N–H and O–H groups in total. The normalized spacial score (nSPS) is 17.2. The molecule has 1 aromatic rings. The molecule has 3 rings (SSSR count). The first-order valence-corrected chi connectivity index (χ1v) is 11.5. The number of anilines is 2. The van der Waals surface area contributed by atoms with Crippen molar-refractivity contribution < 1.29 is 9.53 Å². The fraction of sp³-hybridized carbons (Fsp3) is 0.538. The maximum atomic E-state index is 12.9. The third-order valence-corrected chi connectivity index (χ3v) is 6.34. The molecule has 0 bridgehead atoms. The molecule has 0 aromatic heterocycles. The lowest BCUT2D eigenvalue weighted by atomic mass is 9.94. The van der Waals surface area contributed by atoms with E-state index in [2.05, 4.69) is 46.8 Å². The van der Waals surface area contributed by atoms with Gasteiger partial charge >= 0.3 is 0 Å². The average Bonchev–Trinajstić information content (AvgIpc) is 3.24. The molecule has 1 aromatic carbocycles. The zero-order valence-electron chi connectivity index (χ0n) is 20.1. The van der Waals surface area contributed by atoms with Crippen molar-refractivity contribution in [1.29, 1.82) is 0 Å². The van der Waals surface area contributed by atoms with Crippen molar-refractivity contribution in [3.8, 4) is 0 Å². The fourth-order valence-corrected chi connectivity index (χ4v) is 4.04. The lowest BCUT2D eigenvalue weighted by Gasteiger charge is -2.35. The molecule has 0 atom stereocenters. The highest BCUT2D eigenvalue weighted by atomic mass is 16.5. The second-order valence-electron chi connectivity index (χ2n) is 9.63. The molecule has 2 aliphatic rings. The Hall–Kier alpha value is -2.62. The maximum Gasteiger partial charge on any atom is 0.250 e. The Bertz CT molecular complexity index is 932. The number of hydrogen-bond acceptors (Lipinski definition) is 4. The Labute approximate surface area is 192 Å². The molecule has 0 radical (unpaired) electrons. The molecule has 0 unspecified atom stereocenters. The van der Waals surface area contributed by atoms with Gasteiger partial charge < -0.3 is 19.9 Å². The molecule has 1 saturated heterocycles. The highest BCUT2D eigenvalue weighted by molar-refractivity contribution is 6.06. The van der Waals surface area contributed by atoms with E-state index in [-0.39, 0.29) is 5.91 Å². The second kappa shape index (κ2) is 10.3. The first-order valence-electron chi connectivity index (χ1n) is 11.5. The summed E-state index contributed by atoms with van der Waals surface area (Å²) in [6, 6.07) is 6.22. The van der Waals surface area contributed by atoms with Crippen molar-refractivity contribution in [1.82, 2.24) is 4.90 Å². The Kier molecular flexibility index (Phi) is 7.76. The van der Waals surface area contributed by atoms with Crippen LogP contribution in [0.15, 0.2) is 41.6 Å². The standard InChI is InChI=1S/C26H36N4O2/c1-19-11-13-30(14-12-19)24-18-21(26(2,3)32-16-15-29(5)6)8-10-23(24)28-25(31)20-7-9-22(17-20)27-4/h8-10,17-19H,7,11-16H2,1-3,5-6H3,(H,28,31). The summed E-state index contributed by atoms with van der Waals surface area (Å²) in [5.41, 5.74) is 3.69. The predicted molar refractivity (Wildman–Crippen MR) is 131 cm³/mol. The zero-order chi connectivity index (χ0) is 23.3. The van der Waals surface area contributed by atoms with Crippen LogP contribution in [-0.2, 0) is 15.1 Å². The van der Waals surface area contributed by atoms with Gasteiger partial charge in [-0.2, -0.15) is 0 Å². The predicted octanol–water partition coefficient (Wildman–Crippen LogP) is 4.81. The molecule has 1 aliphatic heterocycles. The van der Waals surface area contributed by atoms with Gasteiger partial charge in [-0.05, 0) is 76.9 Å². The third-order valence-electron chi connectivity index (χ3n) is 6.34. The van der Waals surface area contributed by atoms with Gasteiger partial charge in [0.2, 0.25) is 0 Å². The van der Waals surface area contributed by atoms with Gasteiger partial charge in [-0.1, -0.05) is 19.1 Å². The number of carbonyl (C=O) groups is 1. The SMILES string of the molecule is [C-]#[N+]C1=CCC(C(=O)Nc2ccc(C(C)(C)OCCN(C)C)cc2N2CCC(C)CC2)=C1. The van der Waals surface area contributed by atoms with E-state index < -0.39 is 5.60 Å². The smallest absolute Gasteiger partial charge is 0.250 e. The van der Waals surface area contributed by atoms with Crippen molar-refractivity contribution in [3.63, 3.8) is 0 Å². The van der Waals surface area contributed by atoms with E-state index in [0.29, 0.717) is 24.3 Å².